The molecule has 2 heterocycles. The van der Waals surface area contributed by atoms with Crippen molar-refractivity contribution in [1.29, 1.82) is 0 Å². The Balaban J connectivity index is 1.57. The lowest BCUT2D eigenvalue weighted by Gasteiger charge is -2.07. The van der Waals surface area contributed by atoms with Gasteiger partial charge in [-0.2, -0.15) is 0 Å². The molecule has 25 heavy (non-hydrogen) atoms. The first-order valence-corrected chi connectivity index (χ1v) is 8.39. The van der Waals surface area contributed by atoms with Crippen LogP contribution in [0.4, 0.5) is 0 Å². The predicted octanol–water partition coefficient (Wildman–Crippen LogP) is 2.88. The highest BCUT2D eigenvalue weighted by atomic mass is 32.1. The lowest BCUT2D eigenvalue weighted by Crippen LogP contribution is -2.41. The van der Waals surface area contributed by atoms with Gasteiger partial charge in [-0.1, -0.05) is 11.2 Å². The van der Waals surface area contributed by atoms with Gasteiger partial charge in [0.1, 0.15) is 5.75 Å². The smallest absolute Gasteiger partial charge is 0.291 e. The van der Waals surface area contributed by atoms with Gasteiger partial charge in [0, 0.05) is 11.6 Å². The number of nitrogens with one attached hydrogen (secondary N) is 2. The van der Waals surface area contributed by atoms with Crippen molar-refractivity contribution in [2.75, 3.05) is 6.61 Å². The zero-order valence-corrected chi connectivity index (χ0v) is 14.1. The Hall–Kier alpha value is -3.13. The predicted molar refractivity (Wildman–Crippen MR) is 92.4 cm³/mol. The van der Waals surface area contributed by atoms with Crippen LogP contribution < -0.4 is 15.6 Å². The lowest BCUT2D eigenvalue weighted by molar-refractivity contribution is 0.0841. The minimum absolute atomic E-state index is 0.0791. The number of hydrogen-bond acceptors (Lipinski definition) is 6. The summed E-state index contributed by atoms with van der Waals surface area (Å²) in [7, 11) is 0. The number of benzene rings is 1. The van der Waals surface area contributed by atoms with Crippen molar-refractivity contribution in [2.45, 2.75) is 6.92 Å². The fourth-order valence-electron chi connectivity index (χ4n) is 2.04. The molecule has 0 unspecified atom stereocenters. The van der Waals surface area contributed by atoms with Gasteiger partial charge in [-0.05, 0) is 42.6 Å². The van der Waals surface area contributed by atoms with Crippen molar-refractivity contribution in [3.8, 4) is 16.4 Å². The topological polar surface area (TPSA) is 93.5 Å². The molecule has 0 saturated heterocycles. The van der Waals surface area contributed by atoms with E-state index in [-0.39, 0.29) is 5.69 Å². The second-order valence-corrected chi connectivity index (χ2v) is 5.87. The third-order valence-corrected chi connectivity index (χ3v) is 4.11. The molecule has 0 aliphatic heterocycles. The van der Waals surface area contributed by atoms with Crippen molar-refractivity contribution in [3.05, 3.63) is 59.1 Å². The Morgan fingerprint density at radius 1 is 1.16 bits per heavy atom. The number of nitrogens with zero attached hydrogens (tertiary/aromatic N) is 1. The minimum Gasteiger partial charge on any atom is -0.494 e. The van der Waals surface area contributed by atoms with Crippen LogP contribution in [0.15, 0.2) is 52.4 Å². The number of carbonyl (C=O) groups excluding carboxylic acids is 2. The van der Waals surface area contributed by atoms with E-state index in [0.717, 1.165) is 4.88 Å². The Kier molecular flexibility index (Phi) is 5.10. The first-order valence-electron chi connectivity index (χ1n) is 7.51. The van der Waals surface area contributed by atoms with Crippen molar-refractivity contribution >= 4 is 23.2 Å². The van der Waals surface area contributed by atoms with E-state index >= 15 is 0 Å². The monoisotopic (exact) mass is 357 g/mol. The fraction of sp³-hybridized carbons (Fsp3) is 0.118. The molecule has 3 aromatic rings. The van der Waals surface area contributed by atoms with Gasteiger partial charge in [0.25, 0.3) is 11.8 Å². The van der Waals surface area contributed by atoms with Crippen LogP contribution in [-0.2, 0) is 0 Å². The summed E-state index contributed by atoms with van der Waals surface area (Å²) in [6, 6.07) is 11.8. The SMILES string of the molecule is CCOc1ccc(C(=O)NNC(=O)c2cc(-c3cccs3)on2)cc1. The Morgan fingerprint density at radius 3 is 2.60 bits per heavy atom. The van der Waals surface area contributed by atoms with E-state index < -0.39 is 11.8 Å². The number of thiophene rings is 1. The third kappa shape index (κ3) is 4.04. The summed E-state index contributed by atoms with van der Waals surface area (Å²) in [5.41, 5.74) is 5.11. The molecule has 2 N–H and O–H groups in total. The maximum Gasteiger partial charge on any atom is 0.291 e. The summed E-state index contributed by atoms with van der Waals surface area (Å²) < 4.78 is 10.4. The van der Waals surface area contributed by atoms with E-state index in [1.807, 2.05) is 24.4 Å². The van der Waals surface area contributed by atoms with E-state index in [9.17, 15) is 9.59 Å². The van der Waals surface area contributed by atoms with E-state index in [4.69, 9.17) is 9.26 Å². The number of ether oxygens (including phenoxy) is 1. The Morgan fingerprint density at radius 2 is 1.92 bits per heavy atom. The second-order valence-electron chi connectivity index (χ2n) is 4.92. The van der Waals surface area contributed by atoms with Crippen LogP contribution in [0.25, 0.3) is 10.6 Å². The molecule has 0 aliphatic carbocycles. The van der Waals surface area contributed by atoms with Crippen LogP contribution in [0.3, 0.4) is 0 Å². The maximum atomic E-state index is 12.0. The van der Waals surface area contributed by atoms with Gasteiger partial charge >= 0.3 is 0 Å². The number of hydrogen-bond donors (Lipinski definition) is 2. The van der Waals surface area contributed by atoms with Gasteiger partial charge in [-0.15, -0.1) is 11.3 Å². The Bertz CT molecular complexity index is 856. The first-order chi connectivity index (χ1) is 12.2. The lowest BCUT2D eigenvalue weighted by atomic mass is 10.2. The Labute approximate surface area is 147 Å². The highest BCUT2D eigenvalue weighted by Gasteiger charge is 2.15. The molecule has 0 atom stereocenters. The second kappa shape index (κ2) is 7.63. The summed E-state index contributed by atoms with van der Waals surface area (Å²) in [5, 5.41) is 5.60. The van der Waals surface area contributed by atoms with Gasteiger partial charge in [0.2, 0.25) is 0 Å². The van der Waals surface area contributed by atoms with Crippen LogP contribution in [0.1, 0.15) is 27.8 Å². The summed E-state index contributed by atoms with van der Waals surface area (Å²) in [6.07, 6.45) is 0. The molecule has 0 aliphatic rings. The van der Waals surface area contributed by atoms with Crippen molar-refractivity contribution < 1.29 is 18.8 Å². The van der Waals surface area contributed by atoms with Crippen LogP contribution in [0.5, 0.6) is 5.75 Å². The van der Waals surface area contributed by atoms with Crippen LogP contribution in [0.2, 0.25) is 0 Å². The molecule has 0 radical (unpaired) electrons. The highest BCUT2D eigenvalue weighted by molar-refractivity contribution is 7.13. The van der Waals surface area contributed by atoms with Crippen molar-refractivity contribution in [2.24, 2.45) is 0 Å². The number of rotatable bonds is 5. The minimum atomic E-state index is -0.564. The summed E-state index contributed by atoms with van der Waals surface area (Å²) in [4.78, 5) is 24.9. The molecule has 0 bridgehead atoms. The van der Waals surface area contributed by atoms with Gasteiger partial charge in [-0.3, -0.25) is 20.4 Å². The van der Waals surface area contributed by atoms with Crippen LogP contribution in [0, 0.1) is 0 Å². The number of hydrazine groups is 1. The quantitative estimate of drug-likeness (QED) is 0.685. The van der Waals surface area contributed by atoms with E-state index in [1.165, 1.54) is 17.4 Å². The van der Waals surface area contributed by atoms with E-state index in [1.54, 1.807) is 24.3 Å². The molecular weight excluding hydrogens is 342 g/mol. The molecule has 8 heteroatoms. The van der Waals surface area contributed by atoms with Gasteiger partial charge in [0.15, 0.2) is 11.5 Å². The number of aromatic nitrogens is 1. The van der Waals surface area contributed by atoms with Gasteiger partial charge < -0.3 is 9.26 Å². The van der Waals surface area contributed by atoms with E-state index in [2.05, 4.69) is 16.0 Å². The zero-order chi connectivity index (χ0) is 17.6. The number of carbonyl (C=O) groups is 2. The van der Waals surface area contributed by atoms with Crippen molar-refractivity contribution in [1.82, 2.24) is 16.0 Å². The largest absolute Gasteiger partial charge is 0.494 e. The molecule has 0 saturated carbocycles. The molecule has 0 fully saturated rings. The summed E-state index contributed by atoms with van der Waals surface area (Å²) in [6.45, 7) is 2.43. The number of amides is 2. The van der Waals surface area contributed by atoms with Gasteiger partial charge in [-0.25, -0.2) is 0 Å². The average molecular weight is 357 g/mol. The first kappa shape index (κ1) is 16.7. The average Bonchev–Trinajstić information content (AvgIpc) is 3.31. The third-order valence-electron chi connectivity index (χ3n) is 3.22. The van der Waals surface area contributed by atoms with E-state index in [0.29, 0.717) is 23.7 Å². The zero-order valence-electron chi connectivity index (χ0n) is 13.3. The molecule has 2 aromatic heterocycles. The molecule has 0 spiro atoms. The standard InChI is InChI=1S/C17H15N3O4S/c1-2-23-12-7-5-11(6-8-12)16(21)18-19-17(22)13-10-14(24-20-13)15-4-3-9-25-15/h3-10H,2H2,1H3,(H,18,21)(H,19,22). The molecule has 1 aromatic carbocycles. The van der Waals surface area contributed by atoms with Crippen LogP contribution >= 0.6 is 11.3 Å². The molecule has 3 rings (SSSR count). The molecule has 7 nitrogen and oxygen atoms in total. The van der Waals surface area contributed by atoms with Gasteiger partial charge in [0.05, 0.1) is 11.5 Å². The molecular formula is C17H15N3O4S. The highest BCUT2D eigenvalue weighted by Crippen LogP contribution is 2.24. The summed E-state index contributed by atoms with van der Waals surface area (Å²) in [5.74, 6) is 0.161. The van der Waals surface area contributed by atoms with Crippen LogP contribution in [-0.4, -0.2) is 23.6 Å². The summed E-state index contributed by atoms with van der Waals surface area (Å²) >= 11 is 1.48. The molecule has 2 amide bonds. The fourth-order valence-corrected chi connectivity index (χ4v) is 2.71. The maximum absolute atomic E-state index is 12.0. The normalized spacial score (nSPS) is 10.3. The van der Waals surface area contributed by atoms with Crippen molar-refractivity contribution in [3.63, 3.8) is 0 Å². The molecule has 128 valence electrons.